The second kappa shape index (κ2) is 5.01. The Morgan fingerprint density at radius 2 is 2.19 bits per heavy atom. The van der Waals surface area contributed by atoms with E-state index >= 15 is 0 Å². The average Bonchev–Trinajstić information content (AvgIpc) is 2.14. The highest BCUT2D eigenvalue weighted by atomic mass is 16.6. The Morgan fingerprint density at radius 1 is 1.56 bits per heavy atom. The van der Waals surface area contributed by atoms with E-state index in [2.05, 4.69) is 0 Å². The lowest BCUT2D eigenvalue weighted by atomic mass is 9.99. The van der Waals surface area contributed by atoms with E-state index in [0.29, 0.717) is 13.0 Å². The van der Waals surface area contributed by atoms with Gasteiger partial charge in [-0.2, -0.15) is 0 Å². The molecular formula is C11H22N2O3. The molecular weight excluding hydrogens is 208 g/mol. The molecule has 1 fully saturated rings. The molecule has 94 valence electrons. The number of hydrogen-bond acceptors (Lipinski definition) is 4. The highest BCUT2D eigenvalue weighted by molar-refractivity contribution is 5.68. The maximum Gasteiger partial charge on any atom is 0.410 e. The Balaban J connectivity index is 2.60. The van der Waals surface area contributed by atoms with Gasteiger partial charge in [-0.15, -0.1) is 0 Å². The predicted molar refractivity (Wildman–Crippen MR) is 61.0 cm³/mol. The summed E-state index contributed by atoms with van der Waals surface area (Å²) in [4.78, 5) is 13.4. The zero-order valence-corrected chi connectivity index (χ0v) is 10.3. The Hall–Kier alpha value is -0.810. The Morgan fingerprint density at radius 3 is 2.69 bits per heavy atom. The molecule has 0 radical (unpaired) electrons. The van der Waals surface area contributed by atoms with Crippen LogP contribution in [0.1, 0.15) is 33.6 Å². The lowest BCUT2D eigenvalue weighted by Crippen LogP contribution is -2.52. The second-order valence-electron chi connectivity index (χ2n) is 5.29. The number of piperidine rings is 1. The van der Waals surface area contributed by atoms with Crippen molar-refractivity contribution in [1.29, 1.82) is 0 Å². The number of carbonyl (C=O) groups excluding carboxylic acids is 1. The van der Waals surface area contributed by atoms with E-state index in [1.54, 1.807) is 4.90 Å². The van der Waals surface area contributed by atoms with Crippen molar-refractivity contribution in [2.75, 3.05) is 13.2 Å². The van der Waals surface area contributed by atoms with Crippen LogP contribution in [0.5, 0.6) is 0 Å². The second-order valence-corrected chi connectivity index (χ2v) is 5.29. The molecule has 0 unspecified atom stereocenters. The van der Waals surface area contributed by atoms with E-state index in [4.69, 9.17) is 10.5 Å². The van der Waals surface area contributed by atoms with Gasteiger partial charge in [0.15, 0.2) is 0 Å². The predicted octanol–water partition coefficient (Wildman–Crippen LogP) is 0.705. The van der Waals surface area contributed by atoms with Crippen molar-refractivity contribution in [1.82, 2.24) is 4.90 Å². The van der Waals surface area contributed by atoms with E-state index in [0.717, 1.165) is 6.42 Å². The lowest BCUT2D eigenvalue weighted by Gasteiger charge is -2.38. The number of nitrogens with two attached hydrogens (primary N) is 1. The summed E-state index contributed by atoms with van der Waals surface area (Å²) < 4.78 is 5.28. The molecule has 1 rings (SSSR count). The zero-order chi connectivity index (χ0) is 12.3. The van der Waals surface area contributed by atoms with Gasteiger partial charge in [-0.25, -0.2) is 4.79 Å². The number of nitrogens with zero attached hydrogens (tertiary/aromatic N) is 1. The van der Waals surface area contributed by atoms with Gasteiger partial charge in [-0.1, -0.05) is 0 Å². The number of likely N-dealkylation sites (tertiary alicyclic amines) is 1. The number of amides is 1. The molecule has 1 amide bonds. The number of aliphatic hydroxyl groups is 1. The molecule has 1 aliphatic heterocycles. The van der Waals surface area contributed by atoms with Gasteiger partial charge in [0.25, 0.3) is 0 Å². The van der Waals surface area contributed by atoms with Gasteiger partial charge in [-0.3, -0.25) is 0 Å². The number of ether oxygens (including phenoxy) is 1. The van der Waals surface area contributed by atoms with Crippen LogP contribution in [-0.2, 0) is 4.74 Å². The molecule has 5 heteroatoms. The number of carbonyl (C=O) groups is 1. The summed E-state index contributed by atoms with van der Waals surface area (Å²) in [6.07, 6.45) is 1.03. The molecule has 1 saturated heterocycles. The van der Waals surface area contributed by atoms with Crippen LogP contribution in [0.3, 0.4) is 0 Å². The third-order valence-electron chi connectivity index (χ3n) is 2.60. The van der Waals surface area contributed by atoms with Crippen LogP contribution in [0.25, 0.3) is 0 Å². The van der Waals surface area contributed by atoms with Crippen molar-refractivity contribution in [3.8, 4) is 0 Å². The topological polar surface area (TPSA) is 75.8 Å². The third kappa shape index (κ3) is 3.64. The van der Waals surface area contributed by atoms with Gasteiger partial charge >= 0.3 is 6.09 Å². The Bertz CT molecular complexity index is 250. The molecule has 2 atom stereocenters. The molecule has 0 spiro atoms. The van der Waals surface area contributed by atoms with Crippen LogP contribution in [0.15, 0.2) is 0 Å². The smallest absolute Gasteiger partial charge is 0.410 e. The van der Waals surface area contributed by atoms with Gasteiger partial charge in [-0.05, 0) is 33.6 Å². The summed E-state index contributed by atoms with van der Waals surface area (Å²) in [5.41, 5.74) is 5.30. The molecule has 0 aromatic carbocycles. The fraction of sp³-hybridized carbons (Fsp3) is 0.909. The average molecular weight is 230 g/mol. The first-order valence-corrected chi connectivity index (χ1v) is 5.69. The highest BCUT2D eigenvalue weighted by Gasteiger charge is 2.32. The minimum atomic E-state index is -0.503. The lowest BCUT2D eigenvalue weighted by molar-refractivity contribution is -0.0000619. The summed E-state index contributed by atoms with van der Waals surface area (Å²) in [5.74, 6) is 0. The van der Waals surface area contributed by atoms with Crippen molar-refractivity contribution in [2.24, 2.45) is 5.73 Å². The number of aliphatic hydroxyl groups excluding tert-OH is 1. The minimum Gasteiger partial charge on any atom is -0.444 e. The van der Waals surface area contributed by atoms with E-state index in [1.807, 2.05) is 20.8 Å². The summed E-state index contributed by atoms with van der Waals surface area (Å²) in [5, 5.41) is 9.22. The normalized spacial score (nSPS) is 26.7. The summed E-state index contributed by atoms with van der Waals surface area (Å²) in [6, 6.07) is -0.144. The van der Waals surface area contributed by atoms with E-state index in [9.17, 15) is 9.90 Å². The largest absolute Gasteiger partial charge is 0.444 e. The van der Waals surface area contributed by atoms with Crippen molar-refractivity contribution in [2.45, 2.75) is 51.3 Å². The van der Waals surface area contributed by atoms with Gasteiger partial charge in [0.2, 0.25) is 0 Å². The van der Waals surface area contributed by atoms with Gasteiger partial charge in [0.05, 0.1) is 12.6 Å². The molecule has 16 heavy (non-hydrogen) atoms. The zero-order valence-electron chi connectivity index (χ0n) is 10.3. The molecule has 0 aromatic rings. The van der Waals surface area contributed by atoms with Crippen molar-refractivity contribution in [3.05, 3.63) is 0 Å². The van der Waals surface area contributed by atoms with Crippen LogP contribution in [-0.4, -0.2) is 46.9 Å². The summed E-state index contributed by atoms with van der Waals surface area (Å²) >= 11 is 0. The quantitative estimate of drug-likeness (QED) is 0.695. The van der Waals surface area contributed by atoms with E-state index in [1.165, 1.54) is 0 Å². The molecule has 0 bridgehead atoms. The summed E-state index contributed by atoms with van der Waals surface area (Å²) in [6.45, 7) is 5.98. The SMILES string of the molecule is CC(C)(C)OC(=O)N1CC[C@H](N)C[C@H]1CO. The molecule has 0 aromatic heterocycles. The first-order valence-electron chi connectivity index (χ1n) is 5.69. The van der Waals surface area contributed by atoms with Crippen LogP contribution >= 0.6 is 0 Å². The number of hydrogen-bond donors (Lipinski definition) is 2. The Kier molecular flexibility index (Phi) is 4.15. The van der Waals surface area contributed by atoms with Crippen molar-refractivity contribution in [3.63, 3.8) is 0 Å². The highest BCUT2D eigenvalue weighted by Crippen LogP contribution is 2.19. The monoisotopic (exact) mass is 230 g/mol. The van der Waals surface area contributed by atoms with Crippen LogP contribution < -0.4 is 5.73 Å². The number of rotatable bonds is 1. The van der Waals surface area contributed by atoms with Crippen LogP contribution in [0.4, 0.5) is 4.79 Å². The minimum absolute atomic E-state index is 0.0626. The maximum atomic E-state index is 11.8. The first kappa shape index (κ1) is 13.3. The van der Waals surface area contributed by atoms with Gasteiger partial charge in [0, 0.05) is 12.6 Å². The molecule has 1 heterocycles. The molecule has 5 nitrogen and oxygen atoms in total. The van der Waals surface area contributed by atoms with Gasteiger partial charge in [0.1, 0.15) is 5.60 Å². The van der Waals surface area contributed by atoms with E-state index < -0.39 is 5.60 Å². The van der Waals surface area contributed by atoms with E-state index in [-0.39, 0.29) is 24.8 Å². The van der Waals surface area contributed by atoms with Crippen LogP contribution in [0.2, 0.25) is 0 Å². The molecule has 1 aliphatic rings. The fourth-order valence-corrected chi connectivity index (χ4v) is 1.82. The standard InChI is InChI=1S/C11H22N2O3/c1-11(2,3)16-10(15)13-5-4-8(12)6-9(13)7-14/h8-9,14H,4-7,12H2,1-3H3/t8-,9-/m0/s1. The molecule has 0 aliphatic carbocycles. The third-order valence-corrected chi connectivity index (χ3v) is 2.60. The first-order chi connectivity index (χ1) is 7.33. The summed E-state index contributed by atoms with van der Waals surface area (Å²) in [7, 11) is 0. The maximum absolute atomic E-state index is 11.8. The molecule has 0 saturated carbocycles. The molecule has 3 N–H and O–H groups in total. The Labute approximate surface area is 96.6 Å². The van der Waals surface area contributed by atoms with Crippen molar-refractivity contribution >= 4 is 6.09 Å². The van der Waals surface area contributed by atoms with Gasteiger partial charge < -0.3 is 20.5 Å². The van der Waals surface area contributed by atoms with Crippen molar-refractivity contribution < 1.29 is 14.6 Å². The van der Waals surface area contributed by atoms with Crippen LogP contribution in [0, 0.1) is 0 Å². The fourth-order valence-electron chi connectivity index (χ4n) is 1.82.